The van der Waals surface area contributed by atoms with Crippen LogP contribution in [0, 0.1) is 0 Å². The Morgan fingerprint density at radius 2 is 2.00 bits per heavy atom. The van der Waals surface area contributed by atoms with Gasteiger partial charge in [0.1, 0.15) is 11.3 Å². The number of ether oxygens (including phenoxy) is 3. The minimum atomic E-state index is -0.816. The Hall–Kier alpha value is -1.59. The number of nitrogens with one attached hydrogen (secondary N) is 1. The van der Waals surface area contributed by atoms with Crippen molar-refractivity contribution in [2.75, 3.05) is 34.0 Å². The van der Waals surface area contributed by atoms with E-state index in [1.165, 1.54) is 0 Å². The zero-order chi connectivity index (χ0) is 15.7. The number of rotatable bonds is 9. The summed E-state index contributed by atoms with van der Waals surface area (Å²) in [5, 5.41) is 3.23. The van der Waals surface area contributed by atoms with Crippen molar-refractivity contribution in [2.24, 2.45) is 0 Å². The van der Waals surface area contributed by atoms with E-state index in [0.717, 1.165) is 11.3 Å². The first-order valence-corrected chi connectivity index (χ1v) is 7.10. The summed E-state index contributed by atoms with van der Waals surface area (Å²) in [6.07, 6.45) is 0.486. The van der Waals surface area contributed by atoms with Crippen molar-refractivity contribution in [3.05, 3.63) is 29.8 Å². The molecule has 1 N–H and O–H groups in total. The van der Waals surface area contributed by atoms with E-state index in [1.807, 2.05) is 31.2 Å². The highest BCUT2D eigenvalue weighted by Crippen LogP contribution is 2.23. The first kappa shape index (κ1) is 17.5. The summed E-state index contributed by atoms with van der Waals surface area (Å²) in [5.74, 6) is 0.494. The molecule has 0 aromatic heterocycles. The van der Waals surface area contributed by atoms with Gasteiger partial charge in [-0.1, -0.05) is 18.2 Å². The van der Waals surface area contributed by atoms with Crippen LogP contribution < -0.4 is 10.1 Å². The topological polar surface area (TPSA) is 56.8 Å². The Balaban J connectivity index is 2.92. The standard InChI is InChI=1S/C16H25NO4/c1-5-21-15(18)16(2,17-10-11-19-3)12-13-8-6-7-9-14(13)20-4/h6-9,17H,5,10-12H2,1-4H3. The lowest BCUT2D eigenvalue weighted by atomic mass is 9.92. The fraction of sp³-hybridized carbons (Fsp3) is 0.562. The van der Waals surface area contributed by atoms with Crippen LogP contribution in [-0.4, -0.2) is 45.5 Å². The number of benzene rings is 1. The predicted molar refractivity (Wildman–Crippen MR) is 81.6 cm³/mol. The number of methoxy groups -OCH3 is 2. The number of esters is 1. The second-order valence-electron chi connectivity index (χ2n) is 4.96. The second-order valence-corrected chi connectivity index (χ2v) is 4.96. The minimum Gasteiger partial charge on any atom is -0.496 e. The van der Waals surface area contributed by atoms with Crippen LogP contribution in [0.1, 0.15) is 19.4 Å². The van der Waals surface area contributed by atoms with Crippen molar-refractivity contribution < 1.29 is 19.0 Å². The smallest absolute Gasteiger partial charge is 0.326 e. The molecule has 1 rings (SSSR count). The number of carbonyl (C=O) groups is 1. The largest absolute Gasteiger partial charge is 0.496 e. The van der Waals surface area contributed by atoms with Gasteiger partial charge in [0.05, 0.1) is 20.3 Å². The van der Waals surface area contributed by atoms with E-state index < -0.39 is 5.54 Å². The molecule has 0 aliphatic rings. The normalized spacial score (nSPS) is 13.5. The van der Waals surface area contributed by atoms with Crippen LogP contribution in [0.25, 0.3) is 0 Å². The van der Waals surface area contributed by atoms with Gasteiger partial charge < -0.3 is 14.2 Å². The molecule has 0 saturated heterocycles. The molecule has 0 radical (unpaired) electrons. The van der Waals surface area contributed by atoms with Crippen LogP contribution in [0.5, 0.6) is 5.75 Å². The van der Waals surface area contributed by atoms with Crippen LogP contribution in [0.4, 0.5) is 0 Å². The molecule has 5 heteroatoms. The molecule has 118 valence electrons. The first-order valence-electron chi connectivity index (χ1n) is 7.10. The van der Waals surface area contributed by atoms with Crippen LogP contribution in [0.2, 0.25) is 0 Å². The number of carbonyl (C=O) groups excluding carboxylic acids is 1. The van der Waals surface area contributed by atoms with E-state index in [-0.39, 0.29) is 5.97 Å². The zero-order valence-corrected chi connectivity index (χ0v) is 13.3. The molecule has 5 nitrogen and oxygen atoms in total. The van der Waals surface area contributed by atoms with Crippen molar-refractivity contribution in [1.82, 2.24) is 5.32 Å². The van der Waals surface area contributed by atoms with Crippen LogP contribution in [0.3, 0.4) is 0 Å². The van der Waals surface area contributed by atoms with Gasteiger partial charge in [0, 0.05) is 20.1 Å². The van der Waals surface area contributed by atoms with Crippen molar-refractivity contribution in [2.45, 2.75) is 25.8 Å². The SMILES string of the molecule is CCOC(=O)C(C)(Cc1ccccc1OC)NCCOC. The van der Waals surface area contributed by atoms with E-state index in [0.29, 0.717) is 26.2 Å². The van der Waals surface area contributed by atoms with Crippen molar-refractivity contribution in [1.29, 1.82) is 0 Å². The summed E-state index contributed by atoms with van der Waals surface area (Å²) < 4.78 is 15.6. The average Bonchev–Trinajstić information content (AvgIpc) is 2.48. The molecule has 0 fully saturated rings. The molecule has 1 aromatic rings. The Kier molecular flexibility index (Phi) is 7.19. The van der Waals surface area contributed by atoms with Gasteiger partial charge in [-0.3, -0.25) is 10.1 Å². The number of hydrogen-bond donors (Lipinski definition) is 1. The Bertz CT molecular complexity index is 450. The maximum Gasteiger partial charge on any atom is 0.326 e. The second kappa shape index (κ2) is 8.64. The molecule has 1 unspecified atom stereocenters. The van der Waals surface area contributed by atoms with Gasteiger partial charge in [-0.15, -0.1) is 0 Å². The van der Waals surface area contributed by atoms with Crippen LogP contribution in [-0.2, 0) is 20.7 Å². The number of para-hydroxylation sites is 1. The third-order valence-electron chi connectivity index (χ3n) is 3.28. The third-order valence-corrected chi connectivity index (χ3v) is 3.28. The molecule has 0 aliphatic carbocycles. The summed E-state index contributed by atoms with van der Waals surface area (Å²) in [6, 6.07) is 7.67. The quantitative estimate of drug-likeness (QED) is 0.556. The minimum absolute atomic E-state index is 0.271. The maximum atomic E-state index is 12.3. The van der Waals surface area contributed by atoms with Crippen molar-refractivity contribution in [3.63, 3.8) is 0 Å². The molecule has 0 aliphatic heterocycles. The van der Waals surface area contributed by atoms with E-state index in [4.69, 9.17) is 14.2 Å². The molecule has 1 aromatic carbocycles. The molecule has 0 bridgehead atoms. The zero-order valence-electron chi connectivity index (χ0n) is 13.3. The molecular weight excluding hydrogens is 270 g/mol. The molecule has 1 atom stereocenters. The third kappa shape index (κ3) is 5.02. The predicted octanol–water partition coefficient (Wildman–Crippen LogP) is 1.80. The molecule has 21 heavy (non-hydrogen) atoms. The van der Waals surface area contributed by atoms with E-state index >= 15 is 0 Å². The summed E-state index contributed by atoms with van der Waals surface area (Å²) in [5.41, 5.74) is 0.142. The number of hydrogen-bond acceptors (Lipinski definition) is 5. The monoisotopic (exact) mass is 295 g/mol. The molecule has 0 amide bonds. The fourth-order valence-corrected chi connectivity index (χ4v) is 2.16. The van der Waals surface area contributed by atoms with Gasteiger partial charge >= 0.3 is 5.97 Å². The summed E-state index contributed by atoms with van der Waals surface area (Å²) in [7, 11) is 3.25. The van der Waals surface area contributed by atoms with E-state index in [2.05, 4.69) is 5.32 Å². The van der Waals surface area contributed by atoms with Gasteiger partial charge in [-0.2, -0.15) is 0 Å². The summed E-state index contributed by atoms with van der Waals surface area (Å²) in [6.45, 7) is 5.10. The molecule has 0 heterocycles. The molecule has 0 spiro atoms. The van der Waals surface area contributed by atoms with Crippen molar-refractivity contribution in [3.8, 4) is 5.75 Å². The lowest BCUT2D eigenvalue weighted by Gasteiger charge is -2.29. The Morgan fingerprint density at radius 3 is 2.62 bits per heavy atom. The van der Waals surface area contributed by atoms with Gasteiger partial charge in [0.25, 0.3) is 0 Å². The van der Waals surface area contributed by atoms with Gasteiger partial charge in [0.15, 0.2) is 0 Å². The van der Waals surface area contributed by atoms with Crippen molar-refractivity contribution >= 4 is 5.97 Å². The highest BCUT2D eigenvalue weighted by Gasteiger charge is 2.35. The van der Waals surface area contributed by atoms with Gasteiger partial charge in [-0.05, 0) is 25.5 Å². The summed E-state index contributed by atoms with van der Waals surface area (Å²) >= 11 is 0. The van der Waals surface area contributed by atoms with E-state index in [1.54, 1.807) is 21.1 Å². The summed E-state index contributed by atoms with van der Waals surface area (Å²) in [4.78, 5) is 12.3. The van der Waals surface area contributed by atoms with Gasteiger partial charge in [0.2, 0.25) is 0 Å². The fourth-order valence-electron chi connectivity index (χ4n) is 2.16. The van der Waals surface area contributed by atoms with Crippen LogP contribution in [0.15, 0.2) is 24.3 Å². The van der Waals surface area contributed by atoms with Crippen LogP contribution >= 0.6 is 0 Å². The van der Waals surface area contributed by atoms with Gasteiger partial charge in [-0.25, -0.2) is 0 Å². The lowest BCUT2D eigenvalue weighted by Crippen LogP contribution is -2.53. The first-order chi connectivity index (χ1) is 10.1. The highest BCUT2D eigenvalue weighted by atomic mass is 16.5. The lowest BCUT2D eigenvalue weighted by molar-refractivity contribution is -0.150. The maximum absolute atomic E-state index is 12.3. The highest BCUT2D eigenvalue weighted by molar-refractivity contribution is 5.81. The Morgan fingerprint density at radius 1 is 1.29 bits per heavy atom. The molecule has 0 saturated carbocycles. The average molecular weight is 295 g/mol. The van der Waals surface area contributed by atoms with E-state index in [9.17, 15) is 4.79 Å². The Labute approximate surface area is 126 Å². The molecular formula is C16H25NO4.